The zero-order valence-electron chi connectivity index (χ0n) is 5.54. The third-order valence-corrected chi connectivity index (χ3v) is 1.77. The lowest BCUT2D eigenvalue weighted by Crippen LogP contribution is -2.39. The van der Waals surface area contributed by atoms with Crippen LogP contribution in [0.2, 0.25) is 0 Å². The van der Waals surface area contributed by atoms with Crippen LogP contribution in [0.1, 0.15) is 19.8 Å². The number of hydrogen-bond acceptors (Lipinski definition) is 2. The minimum Gasteiger partial charge on any atom is -0.390 e. The Bertz CT molecular complexity index is 127. The summed E-state index contributed by atoms with van der Waals surface area (Å²) in [5.74, 6) is 0. The molecule has 0 heterocycles. The van der Waals surface area contributed by atoms with Gasteiger partial charge in [-0.25, -0.2) is 0 Å². The Morgan fingerprint density at radius 2 is 2.22 bits per heavy atom. The highest BCUT2D eigenvalue weighted by molar-refractivity contribution is 5.01. The lowest BCUT2D eigenvalue weighted by molar-refractivity contribution is -0.0614. The molecule has 0 saturated heterocycles. The van der Waals surface area contributed by atoms with Gasteiger partial charge in [0.15, 0.2) is 0 Å². The normalized spacial score (nSPS) is 43.2. The van der Waals surface area contributed by atoms with Crippen LogP contribution in [0, 0.1) is 0 Å². The van der Waals surface area contributed by atoms with Gasteiger partial charge < -0.3 is 10.2 Å². The van der Waals surface area contributed by atoms with Crippen molar-refractivity contribution in [1.29, 1.82) is 0 Å². The average Bonchev–Trinajstić information content (AvgIpc) is 1.77. The Kier molecular flexibility index (Phi) is 1.60. The molecule has 52 valence electrons. The number of aliphatic hydroxyl groups excluding tert-OH is 1. The highest BCUT2D eigenvalue weighted by Gasteiger charge is 2.29. The van der Waals surface area contributed by atoms with Crippen molar-refractivity contribution >= 4 is 0 Å². The summed E-state index contributed by atoms with van der Waals surface area (Å²) in [5.41, 5.74) is -0.894. The van der Waals surface area contributed by atoms with E-state index in [1.165, 1.54) is 0 Å². The summed E-state index contributed by atoms with van der Waals surface area (Å²) in [7, 11) is 0. The Hall–Kier alpha value is -0.340. The first-order chi connectivity index (χ1) is 4.13. The van der Waals surface area contributed by atoms with Crippen molar-refractivity contribution in [2.75, 3.05) is 0 Å². The van der Waals surface area contributed by atoms with Gasteiger partial charge in [0.1, 0.15) is 0 Å². The molecule has 1 aliphatic carbocycles. The zero-order chi connectivity index (χ0) is 6.91. The fourth-order valence-electron chi connectivity index (χ4n) is 0.937. The van der Waals surface area contributed by atoms with Crippen molar-refractivity contribution in [2.45, 2.75) is 31.5 Å². The van der Waals surface area contributed by atoms with Gasteiger partial charge in [-0.1, -0.05) is 12.2 Å². The van der Waals surface area contributed by atoms with E-state index in [4.69, 9.17) is 5.11 Å². The monoisotopic (exact) mass is 128 g/mol. The first-order valence-electron chi connectivity index (χ1n) is 3.18. The van der Waals surface area contributed by atoms with Gasteiger partial charge in [0.25, 0.3) is 0 Å². The third-order valence-electron chi connectivity index (χ3n) is 1.77. The van der Waals surface area contributed by atoms with Crippen LogP contribution in [-0.4, -0.2) is 21.9 Å². The predicted molar refractivity (Wildman–Crippen MR) is 35.0 cm³/mol. The van der Waals surface area contributed by atoms with E-state index in [9.17, 15) is 5.11 Å². The van der Waals surface area contributed by atoms with E-state index < -0.39 is 11.7 Å². The maximum atomic E-state index is 9.34. The molecule has 2 heteroatoms. The fourth-order valence-corrected chi connectivity index (χ4v) is 0.937. The average molecular weight is 128 g/mol. The largest absolute Gasteiger partial charge is 0.390 e. The Morgan fingerprint density at radius 3 is 2.56 bits per heavy atom. The van der Waals surface area contributed by atoms with Crippen LogP contribution in [0.15, 0.2) is 12.2 Å². The highest BCUT2D eigenvalue weighted by atomic mass is 16.3. The van der Waals surface area contributed by atoms with Gasteiger partial charge in [0, 0.05) is 0 Å². The zero-order valence-corrected chi connectivity index (χ0v) is 5.54. The third kappa shape index (κ3) is 1.32. The molecule has 0 saturated carbocycles. The quantitative estimate of drug-likeness (QED) is 0.465. The molecule has 0 amide bonds. The summed E-state index contributed by atoms with van der Waals surface area (Å²) in [5, 5.41) is 18.5. The van der Waals surface area contributed by atoms with Crippen molar-refractivity contribution in [3.8, 4) is 0 Å². The lowest BCUT2D eigenvalue weighted by atomic mass is 9.89. The minimum absolute atomic E-state index is 0.564. The van der Waals surface area contributed by atoms with Crippen LogP contribution >= 0.6 is 0 Å². The molecule has 2 atom stereocenters. The first kappa shape index (κ1) is 6.78. The summed E-state index contributed by atoms with van der Waals surface area (Å²) in [6.07, 6.45) is 4.35. The lowest BCUT2D eigenvalue weighted by Gasteiger charge is -2.29. The SMILES string of the molecule is C[C@]1(O)CC=CC[C@@H]1O. The maximum absolute atomic E-state index is 9.34. The number of aliphatic hydroxyl groups is 2. The van der Waals surface area contributed by atoms with E-state index in [1.807, 2.05) is 12.2 Å². The molecule has 0 aromatic carbocycles. The van der Waals surface area contributed by atoms with Crippen LogP contribution in [-0.2, 0) is 0 Å². The van der Waals surface area contributed by atoms with Gasteiger partial charge in [0.2, 0.25) is 0 Å². The van der Waals surface area contributed by atoms with Crippen molar-refractivity contribution in [3.63, 3.8) is 0 Å². The fraction of sp³-hybridized carbons (Fsp3) is 0.714. The van der Waals surface area contributed by atoms with E-state index in [0.29, 0.717) is 12.8 Å². The molecule has 0 unspecified atom stereocenters. The molecule has 2 nitrogen and oxygen atoms in total. The van der Waals surface area contributed by atoms with Crippen LogP contribution in [0.5, 0.6) is 0 Å². The molecule has 9 heavy (non-hydrogen) atoms. The van der Waals surface area contributed by atoms with E-state index in [1.54, 1.807) is 6.92 Å². The molecule has 0 aliphatic heterocycles. The van der Waals surface area contributed by atoms with Gasteiger partial charge in [-0.2, -0.15) is 0 Å². The highest BCUT2D eigenvalue weighted by Crippen LogP contribution is 2.22. The van der Waals surface area contributed by atoms with Crippen LogP contribution in [0.25, 0.3) is 0 Å². The smallest absolute Gasteiger partial charge is 0.0914 e. The van der Waals surface area contributed by atoms with E-state index >= 15 is 0 Å². The van der Waals surface area contributed by atoms with Crippen molar-refractivity contribution < 1.29 is 10.2 Å². The molecule has 1 rings (SSSR count). The summed E-state index contributed by atoms with van der Waals surface area (Å²) in [6.45, 7) is 1.65. The molecular formula is C7H12O2. The van der Waals surface area contributed by atoms with Crippen molar-refractivity contribution in [1.82, 2.24) is 0 Å². The number of hydrogen-bond donors (Lipinski definition) is 2. The van der Waals surface area contributed by atoms with Crippen LogP contribution in [0.4, 0.5) is 0 Å². The second-order valence-corrected chi connectivity index (χ2v) is 2.78. The Morgan fingerprint density at radius 1 is 1.56 bits per heavy atom. The molecule has 0 fully saturated rings. The van der Waals surface area contributed by atoms with E-state index in [2.05, 4.69) is 0 Å². The van der Waals surface area contributed by atoms with Crippen LogP contribution in [0.3, 0.4) is 0 Å². The molecule has 2 N–H and O–H groups in total. The standard InChI is InChI=1S/C7H12O2/c1-7(9)5-3-2-4-6(7)8/h2-3,6,8-9H,4-5H2,1H3/t6-,7-/m0/s1. The second-order valence-electron chi connectivity index (χ2n) is 2.78. The molecular weight excluding hydrogens is 116 g/mol. The van der Waals surface area contributed by atoms with E-state index in [-0.39, 0.29) is 0 Å². The Labute approximate surface area is 54.8 Å². The van der Waals surface area contributed by atoms with Gasteiger partial charge in [-0.15, -0.1) is 0 Å². The summed E-state index contributed by atoms with van der Waals surface area (Å²) >= 11 is 0. The number of rotatable bonds is 0. The summed E-state index contributed by atoms with van der Waals surface area (Å²) < 4.78 is 0. The summed E-state index contributed by atoms with van der Waals surface area (Å²) in [6, 6.07) is 0. The molecule has 0 spiro atoms. The van der Waals surface area contributed by atoms with Gasteiger partial charge in [-0.05, 0) is 19.8 Å². The molecule has 1 aliphatic rings. The molecule has 0 aromatic rings. The second kappa shape index (κ2) is 2.12. The van der Waals surface area contributed by atoms with Gasteiger partial charge in [-0.3, -0.25) is 0 Å². The van der Waals surface area contributed by atoms with Crippen molar-refractivity contribution in [2.24, 2.45) is 0 Å². The molecule has 0 radical (unpaired) electrons. The molecule has 0 aromatic heterocycles. The molecule has 0 bridgehead atoms. The summed E-state index contributed by atoms with van der Waals surface area (Å²) in [4.78, 5) is 0. The minimum atomic E-state index is -0.894. The van der Waals surface area contributed by atoms with Gasteiger partial charge in [0.05, 0.1) is 11.7 Å². The predicted octanol–water partition coefficient (Wildman–Crippen LogP) is 0.448. The van der Waals surface area contributed by atoms with Crippen LogP contribution < -0.4 is 0 Å². The van der Waals surface area contributed by atoms with Crippen molar-refractivity contribution in [3.05, 3.63) is 12.2 Å². The first-order valence-corrected chi connectivity index (χ1v) is 3.18. The van der Waals surface area contributed by atoms with Gasteiger partial charge >= 0.3 is 0 Å². The topological polar surface area (TPSA) is 40.5 Å². The maximum Gasteiger partial charge on any atom is 0.0914 e. The Balaban J connectivity index is 2.64. The van der Waals surface area contributed by atoms with E-state index in [0.717, 1.165) is 0 Å².